The Balaban J connectivity index is 1.48. The van der Waals surface area contributed by atoms with Gasteiger partial charge in [0.2, 0.25) is 5.95 Å². The largest absolute Gasteiger partial charge is 0.350 e. The van der Waals surface area contributed by atoms with Crippen molar-refractivity contribution in [3.63, 3.8) is 0 Å². The lowest BCUT2D eigenvalue weighted by Gasteiger charge is -2.23. The number of fused-ring (bicyclic) bond motifs is 1. The molecule has 1 saturated heterocycles. The number of rotatable bonds is 7. The second kappa shape index (κ2) is 9.80. The van der Waals surface area contributed by atoms with Crippen LogP contribution in [0.1, 0.15) is 24.8 Å². The smallest absolute Gasteiger partial charge is 0.225 e. The van der Waals surface area contributed by atoms with Crippen molar-refractivity contribution in [2.24, 2.45) is 5.92 Å². The Kier molecular flexibility index (Phi) is 6.44. The van der Waals surface area contributed by atoms with E-state index in [2.05, 4.69) is 25.6 Å². The molecule has 0 saturated carbocycles. The molecule has 2 N–H and O–H groups in total. The predicted octanol–water partition coefficient (Wildman–Crippen LogP) is 4.91. The number of hydrogen-bond acceptors (Lipinski definition) is 5. The van der Waals surface area contributed by atoms with E-state index in [1.54, 1.807) is 24.4 Å². The molecule has 4 aromatic rings. The van der Waals surface area contributed by atoms with E-state index in [1.807, 2.05) is 4.57 Å². The fourth-order valence-electron chi connectivity index (χ4n) is 4.37. The number of piperidine rings is 1. The van der Waals surface area contributed by atoms with Gasteiger partial charge >= 0.3 is 0 Å². The van der Waals surface area contributed by atoms with Crippen LogP contribution in [0.4, 0.5) is 19.1 Å². The fourth-order valence-corrected chi connectivity index (χ4v) is 4.37. The number of halogens is 3. The molecular formula is C25H25F3N6. The van der Waals surface area contributed by atoms with Crippen LogP contribution in [0.25, 0.3) is 22.6 Å². The van der Waals surface area contributed by atoms with E-state index in [0.717, 1.165) is 44.5 Å². The third-order valence-electron chi connectivity index (χ3n) is 6.28. The topological polar surface area (TPSA) is 67.7 Å². The minimum atomic E-state index is -0.923. The van der Waals surface area contributed by atoms with Gasteiger partial charge in [0.05, 0.1) is 6.20 Å². The molecule has 0 spiro atoms. The summed E-state index contributed by atoms with van der Waals surface area (Å²) in [4.78, 5) is 13.6. The number of anilines is 1. The normalized spacial score (nSPS) is 14.6. The maximum atomic E-state index is 14.0. The van der Waals surface area contributed by atoms with Gasteiger partial charge in [0.1, 0.15) is 17.2 Å². The van der Waals surface area contributed by atoms with Crippen LogP contribution in [0.15, 0.2) is 48.7 Å². The van der Waals surface area contributed by atoms with Crippen LogP contribution in [0.5, 0.6) is 0 Å². The van der Waals surface area contributed by atoms with Crippen molar-refractivity contribution >= 4 is 17.1 Å². The Labute approximate surface area is 195 Å². The molecule has 34 heavy (non-hydrogen) atoms. The van der Waals surface area contributed by atoms with Gasteiger partial charge in [-0.15, -0.1) is 0 Å². The van der Waals surface area contributed by atoms with Crippen molar-refractivity contribution < 1.29 is 13.2 Å². The first-order valence-corrected chi connectivity index (χ1v) is 11.4. The molecule has 5 rings (SSSR count). The highest BCUT2D eigenvalue weighted by atomic mass is 19.2. The minimum Gasteiger partial charge on any atom is -0.350 e. The number of hydrogen-bond donors (Lipinski definition) is 2. The summed E-state index contributed by atoms with van der Waals surface area (Å²) in [7, 11) is 0. The van der Waals surface area contributed by atoms with Crippen molar-refractivity contribution in [2.75, 3.05) is 18.4 Å². The Morgan fingerprint density at radius 3 is 2.59 bits per heavy atom. The first kappa shape index (κ1) is 22.3. The van der Waals surface area contributed by atoms with Gasteiger partial charge in [0, 0.05) is 24.2 Å². The van der Waals surface area contributed by atoms with Crippen LogP contribution in [-0.4, -0.2) is 32.6 Å². The van der Waals surface area contributed by atoms with Crippen LogP contribution >= 0.6 is 0 Å². The molecular weight excluding hydrogens is 441 g/mol. The van der Waals surface area contributed by atoms with Gasteiger partial charge in [-0.1, -0.05) is 18.2 Å². The predicted molar refractivity (Wildman–Crippen MR) is 125 cm³/mol. The second-order valence-electron chi connectivity index (χ2n) is 8.55. The molecule has 0 atom stereocenters. The lowest BCUT2D eigenvalue weighted by molar-refractivity contribution is 0.339. The zero-order valence-electron chi connectivity index (χ0n) is 18.6. The quantitative estimate of drug-likeness (QED) is 0.405. The van der Waals surface area contributed by atoms with E-state index in [1.165, 1.54) is 12.1 Å². The van der Waals surface area contributed by atoms with Crippen LogP contribution in [-0.2, 0) is 13.1 Å². The molecule has 176 valence electrons. The Morgan fingerprint density at radius 1 is 0.971 bits per heavy atom. The van der Waals surface area contributed by atoms with E-state index in [-0.39, 0.29) is 12.4 Å². The van der Waals surface area contributed by atoms with Gasteiger partial charge in [0.25, 0.3) is 0 Å². The van der Waals surface area contributed by atoms with Gasteiger partial charge in [-0.2, -0.15) is 4.98 Å². The van der Waals surface area contributed by atoms with Crippen LogP contribution in [0.2, 0.25) is 0 Å². The molecule has 2 aromatic carbocycles. The zero-order chi connectivity index (χ0) is 23.5. The molecule has 2 aromatic heterocycles. The van der Waals surface area contributed by atoms with Gasteiger partial charge in [-0.05, 0) is 62.5 Å². The summed E-state index contributed by atoms with van der Waals surface area (Å²) in [5.41, 5.74) is 2.14. The highest BCUT2D eigenvalue weighted by Gasteiger charge is 2.19. The summed E-state index contributed by atoms with van der Waals surface area (Å²) in [6, 6.07) is 10.3. The van der Waals surface area contributed by atoms with Crippen LogP contribution < -0.4 is 10.6 Å². The van der Waals surface area contributed by atoms with Gasteiger partial charge in [-0.25, -0.2) is 23.1 Å². The SMILES string of the molecule is Fc1ccc(-c2nc3cnc(NCc4ccccc4F)nc3n2CCC2CCNCC2)cc1F. The lowest BCUT2D eigenvalue weighted by Crippen LogP contribution is -2.28. The first-order valence-electron chi connectivity index (χ1n) is 11.4. The van der Waals surface area contributed by atoms with Gasteiger partial charge in [-0.3, -0.25) is 0 Å². The number of aromatic nitrogens is 4. The van der Waals surface area contributed by atoms with E-state index in [9.17, 15) is 13.2 Å². The molecule has 6 nitrogen and oxygen atoms in total. The maximum absolute atomic E-state index is 14.0. The number of aryl methyl sites for hydroxylation is 1. The third kappa shape index (κ3) is 4.75. The van der Waals surface area contributed by atoms with E-state index in [0.29, 0.717) is 46.5 Å². The molecule has 9 heteroatoms. The number of imidazole rings is 1. The van der Waals surface area contributed by atoms with Crippen molar-refractivity contribution in [3.8, 4) is 11.4 Å². The molecule has 3 heterocycles. The molecule has 0 radical (unpaired) electrons. The average Bonchev–Trinajstić information content (AvgIpc) is 3.22. The van der Waals surface area contributed by atoms with E-state index in [4.69, 9.17) is 0 Å². The molecule has 0 unspecified atom stereocenters. The van der Waals surface area contributed by atoms with Crippen molar-refractivity contribution in [1.29, 1.82) is 0 Å². The van der Waals surface area contributed by atoms with Crippen molar-refractivity contribution in [1.82, 2.24) is 24.8 Å². The molecule has 1 aliphatic heterocycles. The van der Waals surface area contributed by atoms with E-state index >= 15 is 0 Å². The highest BCUT2D eigenvalue weighted by Crippen LogP contribution is 2.27. The molecule has 0 bridgehead atoms. The average molecular weight is 467 g/mol. The number of nitrogens with zero attached hydrogens (tertiary/aromatic N) is 4. The summed E-state index contributed by atoms with van der Waals surface area (Å²) >= 11 is 0. The second-order valence-corrected chi connectivity index (χ2v) is 8.55. The summed E-state index contributed by atoms with van der Waals surface area (Å²) < 4.78 is 43.5. The van der Waals surface area contributed by atoms with E-state index < -0.39 is 11.6 Å². The lowest BCUT2D eigenvalue weighted by atomic mass is 9.95. The standard InChI is InChI=1S/C25H25F3N6/c26-19-4-2-1-3-18(19)14-30-25-31-15-22-24(33-25)34(12-9-16-7-10-29-11-8-16)23(32-22)17-5-6-20(27)21(28)13-17/h1-6,13,15-16,29H,7-12,14H2,(H,30,31,33). The summed E-state index contributed by atoms with van der Waals surface area (Å²) in [5.74, 6) is -0.701. The molecule has 0 aliphatic carbocycles. The molecule has 1 fully saturated rings. The van der Waals surface area contributed by atoms with Crippen molar-refractivity contribution in [2.45, 2.75) is 32.4 Å². The Morgan fingerprint density at radius 2 is 1.79 bits per heavy atom. The first-order chi connectivity index (χ1) is 16.6. The summed E-state index contributed by atoms with van der Waals surface area (Å²) in [6.07, 6.45) is 4.71. The summed E-state index contributed by atoms with van der Waals surface area (Å²) in [6.45, 7) is 2.87. The van der Waals surface area contributed by atoms with Crippen LogP contribution in [0.3, 0.4) is 0 Å². The van der Waals surface area contributed by atoms with Crippen molar-refractivity contribution in [3.05, 3.63) is 71.7 Å². The number of nitrogens with one attached hydrogen (secondary N) is 2. The minimum absolute atomic E-state index is 0.234. The summed E-state index contributed by atoms with van der Waals surface area (Å²) in [5, 5.41) is 6.44. The third-order valence-corrected chi connectivity index (χ3v) is 6.28. The Bertz CT molecular complexity index is 1300. The van der Waals surface area contributed by atoms with Gasteiger partial charge in [0.15, 0.2) is 17.3 Å². The fraction of sp³-hybridized carbons (Fsp3) is 0.320. The van der Waals surface area contributed by atoms with Gasteiger partial charge < -0.3 is 15.2 Å². The zero-order valence-corrected chi connectivity index (χ0v) is 18.6. The number of benzene rings is 2. The van der Waals surface area contributed by atoms with Crippen LogP contribution in [0, 0.1) is 23.4 Å². The highest BCUT2D eigenvalue weighted by molar-refractivity contribution is 5.77. The maximum Gasteiger partial charge on any atom is 0.225 e. The monoisotopic (exact) mass is 466 g/mol. The Hall–Kier alpha value is -3.46. The molecule has 1 aliphatic rings. The molecule has 0 amide bonds.